The summed E-state index contributed by atoms with van der Waals surface area (Å²) >= 11 is 0. The molecular formula is C9H6F4N2. The molecule has 0 heterocycles. The molecule has 1 rings (SSSR count). The van der Waals surface area contributed by atoms with Gasteiger partial charge in [-0.15, -0.1) is 0 Å². The van der Waals surface area contributed by atoms with Gasteiger partial charge in [-0.2, -0.15) is 18.4 Å². The number of hydrogen-bond donors (Lipinski definition) is 1. The Morgan fingerprint density at radius 2 is 1.93 bits per heavy atom. The quantitative estimate of drug-likeness (QED) is 0.774. The molecule has 0 saturated heterocycles. The molecule has 0 unspecified atom stereocenters. The fourth-order valence-electron chi connectivity index (χ4n) is 0.959. The van der Waals surface area contributed by atoms with Gasteiger partial charge in [-0.3, -0.25) is 0 Å². The molecular weight excluding hydrogens is 212 g/mol. The molecule has 0 aromatic heterocycles. The molecule has 0 spiro atoms. The third-order valence-electron chi connectivity index (χ3n) is 1.52. The van der Waals surface area contributed by atoms with Crippen LogP contribution in [0, 0.1) is 17.1 Å². The second kappa shape index (κ2) is 4.17. The fourth-order valence-corrected chi connectivity index (χ4v) is 0.959. The van der Waals surface area contributed by atoms with Crippen LogP contribution < -0.4 is 5.32 Å². The molecule has 2 nitrogen and oxygen atoms in total. The number of rotatable bonds is 2. The van der Waals surface area contributed by atoms with Crippen molar-refractivity contribution in [2.75, 3.05) is 11.9 Å². The van der Waals surface area contributed by atoms with Gasteiger partial charge in [0.1, 0.15) is 12.4 Å². The van der Waals surface area contributed by atoms with Crippen molar-refractivity contribution >= 4 is 5.69 Å². The normalized spacial score (nSPS) is 10.9. The van der Waals surface area contributed by atoms with Crippen LogP contribution in [-0.4, -0.2) is 12.7 Å². The zero-order valence-electron chi connectivity index (χ0n) is 7.40. The molecule has 0 amide bonds. The van der Waals surface area contributed by atoms with Crippen LogP contribution >= 0.6 is 0 Å². The molecule has 15 heavy (non-hydrogen) atoms. The maximum atomic E-state index is 12.8. The summed E-state index contributed by atoms with van der Waals surface area (Å²) in [5, 5.41) is 10.4. The zero-order valence-corrected chi connectivity index (χ0v) is 7.40. The van der Waals surface area contributed by atoms with E-state index < -0.39 is 18.5 Å². The highest BCUT2D eigenvalue weighted by atomic mass is 19.4. The smallest absolute Gasteiger partial charge is 0.376 e. The van der Waals surface area contributed by atoms with Crippen LogP contribution in [0.2, 0.25) is 0 Å². The summed E-state index contributed by atoms with van der Waals surface area (Å²) in [4.78, 5) is 0. The van der Waals surface area contributed by atoms with Crippen molar-refractivity contribution in [3.05, 3.63) is 29.6 Å². The van der Waals surface area contributed by atoms with Crippen LogP contribution in [0.4, 0.5) is 23.2 Å². The summed E-state index contributed by atoms with van der Waals surface area (Å²) in [5.74, 6) is -0.751. The summed E-state index contributed by atoms with van der Waals surface area (Å²) in [6.07, 6.45) is -4.38. The van der Waals surface area contributed by atoms with Crippen molar-refractivity contribution in [3.8, 4) is 6.07 Å². The van der Waals surface area contributed by atoms with Crippen LogP contribution in [0.25, 0.3) is 0 Å². The molecule has 0 aliphatic heterocycles. The summed E-state index contributed by atoms with van der Waals surface area (Å²) in [7, 11) is 0. The van der Waals surface area contributed by atoms with Gasteiger partial charge < -0.3 is 5.32 Å². The van der Waals surface area contributed by atoms with Crippen molar-refractivity contribution in [1.82, 2.24) is 0 Å². The molecule has 6 heteroatoms. The topological polar surface area (TPSA) is 35.8 Å². The van der Waals surface area contributed by atoms with Crippen molar-refractivity contribution in [2.45, 2.75) is 6.18 Å². The lowest BCUT2D eigenvalue weighted by Gasteiger charge is -2.09. The maximum Gasteiger partial charge on any atom is 0.405 e. The molecule has 0 fully saturated rings. The average Bonchev–Trinajstić information content (AvgIpc) is 2.13. The highest BCUT2D eigenvalue weighted by molar-refractivity contribution is 5.49. The standard InChI is InChI=1S/C9H6F4N2/c10-7-1-6(4-14)2-8(3-7)15-5-9(11,12)13/h1-3,15H,5H2. The first kappa shape index (κ1) is 11.3. The minimum atomic E-state index is -4.38. The predicted molar refractivity (Wildman–Crippen MR) is 45.7 cm³/mol. The van der Waals surface area contributed by atoms with Gasteiger partial charge in [0.2, 0.25) is 0 Å². The van der Waals surface area contributed by atoms with E-state index in [2.05, 4.69) is 0 Å². The lowest BCUT2D eigenvalue weighted by atomic mass is 10.2. The summed E-state index contributed by atoms with van der Waals surface area (Å²) in [6.45, 7) is -1.26. The number of nitrogens with one attached hydrogen (secondary N) is 1. The third-order valence-corrected chi connectivity index (χ3v) is 1.52. The van der Waals surface area contributed by atoms with Crippen LogP contribution in [0.3, 0.4) is 0 Å². The fraction of sp³-hybridized carbons (Fsp3) is 0.222. The molecule has 1 aromatic rings. The van der Waals surface area contributed by atoms with Gasteiger partial charge in [0.15, 0.2) is 0 Å². The van der Waals surface area contributed by atoms with E-state index in [0.717, 1.165) is 18.2 Å². The average molecular weight is 218 g/mol. The molecule has 0 aliphatic rings. The van der Waals surface area contributed by atoms with E-state index >= 15 is 0 Å². The Bertz CT molecular complexity index is 392. The summed E-state index contributed by atoms with van der Waals surface area (Å²) in [6, 6.07) is 4.63. The van der Waals surface area contributed by atoms with E-state index in [-0.39, 0.29) is 11.3 Å². The van der Waals surface area contributed by atoms with Crippen molar-refractivity contribution in [1.29, 1.82) is 5.26 Å². The van der Waals surface area contributed by atoms with E-state index in [1.54, 1.807) is 6.07 Å². The Morgan fingerprint density at radius 3 is 2.47 bits per heavy atom. The Morgan fingerprint density at radius 1 is 1.27 bits per heavy atom. The lowest BCUT2D eigenvalue weighted by molar-refractivity contribution is -0.115. The zero-order chi connectivity index (χ0) is 11.5. The number of anilines is 1. The number of hydrogen-bond acceptors (Lipinski definition) is 2. The first-order valence-electron chi connectivity index (χ1n) is 3.92. The van der Waals surface area contributed by atoms with Crippen molar-refractivity contribution in [2.24, 2.45) is 0 Å². The van der Waals surface area contributed by atoms with Crippen molar-refractivity contribution < 1.29 is 17.6 Å². The van der Waals surface area contributed by atoms with Gasteiger partial charge in [0, 0.05) is 5.69 Å². The van der Waals surface area contributed by atoms with Crippen molar-refractivity contribution in [3.63, 3.8) is 0 Å². The van der Waals surface area contributed by atoms with Gasteiger partial charge in [-0.25, -0.2) is 4.39 Å². The Kier molecular flexibility index (Phi) is 3.14. The largest absolute Gasteiger partial charge is 0.405 e. The SMILES string of the molecule is N#Cc1cc(F)cc(NCC(F)(F)F)c1. The van der Waals surface area contributed by atoms with E-state index in [4.69, 9.17) is 5.26 Å². The van der Waals surface area contributed by atoms with E-state index in [1.807, 2.05) is 5.32 Å². The number of alkyl halides is 3. The second-order valence-corrected chi connectivity index (χ2v) is 2.81. The van der Waals surface area contributed by atoms with Gasteiger partial charge in [0.05, 0.1) is 11.6 Å². The van der Waals surface area contributed by atoms with Crippen LogP contribution in [0.1, 0.15) is 5.56 Å². The number of halogens is 4. The molecule has 1 N–H and O–H groups in total. The molecule has 0 aliphatic carbocycles. The Hall–Kier alpha value is -1.77. The molecule has 1 aromatic carbocycles. The molecule has 0 atom stereocenters. The Labute approximate surface area is 83.1 Å². The van der Waals surface area contributed by atoms with Gasteiger partial charge >= 0.3 is 6.18 Å². The monoisotopic (exact) mass is 218 g/mol. The van der Waals surface area contributed by atoms with E-state index in [9.17, 15) is 17.6 Å². The highest BCUT2D eigenvalue weighted by Crippen LogP contribution is 2.18. The van der Waals surface area contributed by atoms with Gasteiger partial charge in [-0.05, 0) is 18.2 Å². The van der Waals surface area contributed by atoms with Gasteiger partial charge in [0.25, 0.3) is 0 Å². The highest BCUT2D eigenvalue weighted by Gasteiger charge is 2.26. The number of benzene rings is 1. The summed E-state index contributed by atoms with van der Waals surface area (Å²) < 4.78 is 48.2. The third kappa shape index (κ3) is 3.85. The first-order chi connectivity index (χ1) is 6.90. The number of nitrogens with zero attached hydrogens (tertiary/aromatic N) is 1. The van der Waals surface area contributed by atoms with Crippen LogP contribution in [-0.2, 0) is 0 Å². The first-order valence-corrected chi connectivity index (χ1v) is 3.92. The number of nitriles is 1. The maximum absolute atomic E-state index is 12.8. The van der Waals surface area contributed by atoms with Crippen LogP contribution in [0.5, 0.6) is 0 Å². The van der Waals surface area contributed by atoms with E-state index in [1.165, 1.54) is 0 Å². The minimum absolute atomic E-state index is 0.0281. The second-order valence-electron chi connectivity index (χ2n) is 2.81. The summed E-state index contributed by atoms with van der Waals surface area (Å²) in [5.41, 5.74) is -0.0939. The molecule has 0 bridgehead atoms. The minimum Gasteiger partial charge on any atom is -0.376 e. The molecule has 80 valence electrons. The predicted octanol–water partition coefficient (Wildman–Crippen LogP) is 2.67. The molecule has 0 radical (unpaired) electrons. The molecule has 0 saturated carbocycles. The lowest BCUT2D eigenvalue weighted by Crippen LogP contribution is -2.21. The van der Waals surface area contributed by atoms with Crippen LogP contribution in [0.15, 0.2) is 18.2 Å². The van der Waals surface area contributed by atoms with Gasteiger partial charge in [-0.1, -0.05) is 0 Å². The Balaban J connectivity index is 2.78. The van der Waals surface area contributed by atoms with E-state index in [0.29, 0.717) is 0 Å².